The van der Waals surface area contributed by atoms with Crippen molar-refractivity contribution < 1.29 is 0 Å². The van der Waals surface area contributed by atoms with Gasteiger partial charge in [-0.15, -0.1) is 0 Å². The first-order chi connectivity index (χ1) is 31.3. The van der Waals surface area contributed by atoms with Gasteiger partial charge in [-0.2, -0.15) is 0 Å². The van der Waals surface area contributed by atoms with Crippen molar-refractivity contribution in [2.45, 2.75) is 62.1 Å². The van der Waals surface area contributed by atoms with Crippen LogP contribution in [0.2, 0.25) is 0 Å². The normalized spacial score (nSPS) is 25.0. The molecule has 1 saturated carbocycles. The lowest BCUT2D eigenvalue weighted by Crippen LogP contribution is -2.91. The molecule has 0 spiro atoms. The maximum atomic E-state index is 8.97. The second-order valence-electron chi connectivity index (χ2n) is 18.9. The Morgan fingerprint density at radius 2 is 0.769 bits per heavy atom. The van der Waals surface area contributed by atoms with E-state index in [0.29, 0.717) is 0 Å². The molecule has 0 aromatic heterocycles. The topological polar surface area (TPSA) is 58.5 Å². The molecule has 4 nitrogen and oxygen atoms in total. The molecule has 5 atom stereocenters. The number of hydrogen-bond acceptors (Lipinski definition) is 4. The average Bonchev–Trinajstić information content (AvgIpc) is 3.36. The van der Waals surface area contributed by atoms with Gasteiger partial charge in [-0.05, 0) is 74.7 Å². The minimum absolute atomic E-state index is 0.923. The van der Waals surface area contributed by atoms with E-state index in [1.807, 2.05) is 0 Å². The fourth-order valence-corrected chi connectivity index (χ4v) is 13.1. The largest absolute Gasteiger partial charge is 0.319 e. The van der Waals surface area contributed by atoms with E-state index in [-0.39, 0.29) is 0 Å². The van der Waals surface area contributed by atoms with Crippen molar-refractivity contribution in [3.63, 3.8) is 0 Å². The van der Waals surface area contributed by atoms with Gasteiger partial charge in [0, 0.05) is 30.3 Å². The predicted octanol–water partition coefficient (Wildman–Crippen LogP) is 13.2. The highest BCUT2D eigenvalue weighted by atomic mass is 15.6. The van der Waals surface area contributed by atoms with Crippen LogP contribution in [0.5, 0.6) is 0 Å². The van der Waals surface area contributed by atoms with Crippen LogP contribution in [0.3, 0.4) is 0 Å². The molecule has 4 N–H and O–H groups in total. The molecule has 8 aromatic rings. The first-order valence-corrected chi connectivity index (χ1v) is 22.9. The zero-order valence-corrected chi connectivity index (χ0v) is 38.9. The lowest BCUT2D eigenvalue weighted by molar-refractivity contribution is -0.219. The maximum absolute atomic E-state index is 8.97. The number of nitrogens with zero attached hydrogens (tertiary/aromatic N) is 2. The molecule has 0 saturated heterocycles. The molecular weight excluding hydrogens is 789 g/mol. The van der Waals surface area contributed by atoms with Gasteiger partial charge in [0.05, 0.1) is 22.3 Å². The van der Waals surface area contributed by atoms with E-state index in [0.717, 1.165) is 33.5 Å². The Kier molecular flexibility index (Phi) is 11.1. The number of likely N-dealkylation sites (N-methyl/N-ethyl adjacent to an activating group) is 1. The summed E-state index contributed by atoms with van der Waals surface area (Å²) in [6, 6.07) is 80.8. The first-order valence-electron chi connectivity index (χ1n) is 22.9. The zero-order chi connectivity index (χ0) is 45.7. The summed E-state index contributed by atoms with van der Waals surface area (Å²) in [5.41, 5.74) is 23.6. The molecule has 8 aromatic carbocycles. The monoisotopic (exact) mass is 850 g/mol. The molecule has 65 heavy (non-hydrogen) atoms. The number of rotatable bonds is 10. The van der Waals surface area contributed by atoms with Gasteiger partial charge >= 0.3 is 0 Å². The third kappa shape index (κ3) is 5.94. The molecule has 1 aliphatic carbocycles. The van der Waals surface area contributed by atoms with E-state index in [1.54, 1.807) is 0 Å². The lowest BCUT2D eigenvalue weighted by Gasteiger charge is -2.80. The van der Waals surface area contributed by atoms with Crippen molar-refractivity contribution >= 4 is 5.69 Å². The van der Waals surface area contributed by atoms with Crippen LogP contribution >= 0.6 is 0 Å². The van der Waals surface area contributed by atoms with Crippen molar-refractivity contribution in [2.75, 3.05) is 19.1 Å². The molecular formula is C61H62N4. The molecule has 326 valence electrons. The van der Waals surface area contributed by atoms with E-state index in [9.17, 15) is 0 Å². The summed E-state index contributed by atoms with van der Waals surface area (Å²) in [7, 11) is 4.47. The van der Waals surface area contributed by atoms with Crippen LogP contribution < -0.4 is 16.5 Å². The van der Waals surface area contributed by atoms with Crippen LogP contribution in [-0.2, 0) is 27.4 Å². The highest BCUT2D eigenvalue weighted by Gasteiger charge is 2.84. The van der Waals surface area contributed by atoms with Crippen molar-refractivity contribution in [3.05, 3.63) is 258 Å². The van der Waals surface area contributed by atoms with Gasteiger partial charge in [-0.25, -0.2) is 5.01 Å². The Morgan fingerprint density at radius 3 is 1.25 bits per heavy atom. The summed E-state index contributed by atoms with van der Waals surface area (Å²) in [5.74, 6) is 0. The summed E-state index contributed by atoms with van der Waals surface area (Å²) in [6.07, 6.45) is 0. The summed E-state index contributed by atoms with van der Waals surface area (Å²) in [6.45, 7) is 12.0. The molecule has 4 heteroatoms. The molecule has 5 unspecified atom stereocenters. The smallest absolute Gasteiger partial charge is 0.0824 e. The quantitative estimate of drug-likeness (QED) is 0.135. The fourth-order valence-electron chi connectivity index (χ4n) is 13.1. The summed E-state index contributed by atoms with van der Waals surface area (Å²) in [4.78, 5) is 0. The zero-order valence-electron chi connectivity index (χ0n) is 38.9. The third-order valence-corrected chi connectivity index (χ3v) is 16.2. The van der Waals surface area contributed by atoms with E-state index < -0.39 is 32.9 Å². The number of hydrazine groups is 1. The first kappa shape index (κ1) is 43.7. The standard InChI is InChI=1S/C61H62N4/c1-45-53(46-29-15-8-16-30-46)43-44-54(55(45)47-31-17-9-18-32-47)58(5)57(4,48-33-19-10-20-34-48)60(63,50-37-23-12-24-38-50)59(62,49-35-21-11-22-36-49)56(2,3)61(58,51-39-25-13-26-40-51)65(7)64(6)52-41-27-14-28-42-52/h8-44H,62-63H2,1-7H3. The highest BCUT2D eigenvalue weighted by molar-refractivity contribution is 5.83. The van der Waals surface area contributed by atoms with Gasteiger partial charge in [0.25, 0.3) is 0 Å². The van der Waals surface area contributed by atoms with Crippen LogP contribution in [-0.4, -0.2) is 19.1 Å². The summed E-state index contributed by atoms with van der Waals surface area (Å²) in [5, 5.41) is 4.85. The minimum Gasteiger partial charge on any atom is -0.319 e. The fraction of sp³-hybridized carbons (Fsp3) is 0.213. The van der Waals surface area contributed by atoms with E-state index in [2.05, 4.69) is 283 Å². The van der Waals surface area contributed by atoms with Gasteiger partial charge in [0.2, 0.25) is 0 Å². The Balaban J connectivity index is 1.60. The van der Waals surface area contributed by atoms with Crippen molar-refractivity contribution in [1.29, 1.82) is 0 Å². The van der Waals surface area contributed by atoms with Gasteiger partial charge in [0.1, 0.15) is 0 Å². The number of hydrogen-bond donors (Lipinski definition) is 2. The van der Waals surface area contributed by atoms with Crippen molar-refractivity contribution in [3.8, 4) is 22.3 Å². The molecule has 0 heterocycles. The lowest BCUT2D eigenvalue weighted by atomic mass is 9.27. The molecule has 0 amide bonds. The second kappa shape index (κ2) is 16.5. The summed E-state index contributed by atoms with van der Waals surface area (Å²) < 4.78 is 0. The Bertz CT molecular complexity index is 2870. The Hall–Kier alpha value is -6.56. The molecule has 0 aliphatic heterocycles. The SMILES string of the molecule is Cc1c(-c2ccccc2)ccc(C2(C)C(C)(c3ccccc3)C(N)(c3ccccc3)C(N)(c3ccccc3)C(C)(C)C2(c2ccccc2)N(C)N(C)c2ccccc2)c1-c1ccccc1. The maximum Gasteiger partial charge on any atom is 0.0824 e. The van der Waals surface area contributed by atoms with Crippen LogP contribution in [0.25, 0.3) is 22.3 Å². The van der Waals surface area contributed by atoms with Crippen LogP contribution in [0.1, 0.15) is 61.1 Å². The minimum atomic E-state index is -1.30. The second-order valence-corrected chi connectivity index (χ2v) is 18.9. The molecule has 1 fully saturated rings. The number of nitrogens with two attached hydrogens (primary N) is 2. The van der Waals surface area contributed by atoms with Crippen molar-refractivity contribution in [2.24, 2.45) is 16.9 Å². The van der Waals surface area contributed by atoms with Crippen LogP contribution in [0, 0.1) is 12.3 Å². The number of benzene rings is 8. The molecule has 9 rings (SSSR count). The number of anilines is 1. The van der Waals surface area contributed by atoms with Gasteiger partial charge in [0.15, 0.2) is 0 Å². The molecule has 0 radical (unpaired) electrons. The van der Waals surface area contributed by atoms with E-state index in [4.69, 9.17) is 11.5 Å². The Morgan fingerprint density at radius 1 is 0.385 bits per heavy atom. The van der Waals surface area contributed by atoms with Gasteiger partial charge in [-0.1, -0.05) is 240 Å². The Labute approximate surface area is 387 Å². The highest BCUT2D eigenvalue weighted by Crippen LogP contribution is 2.78. The van der Waals surface area contributed by atoms with Gasteiger partial charge in [-0.3, -0.25) is 0 Å². The summed E-state index contributed by atoms with van der Waals surface area (Å²) >= 11 is 0. The third-order valence-electron chi connectivity index (χ3n) is 16.2. The number of para-hydroxylation sites is 1. The van der Waals surface area contributed by atoms with Crippen LogP contribution in [0.4, 0.5) is 5.69 Å². The molecule has 0 bridgehead atoms. The average molecular weight is 851 g/mol. The van der Waals surface area contributed by atoms with E-state index >= 15 is 0 Å². The molecule has 1 aliphatic rings. The van der Waals surface area contributed by atoms with Crippen LogP contribution in [0.15, 0.2) is 224 Å². The van der Waals surface area contributed by atoms with E-state index in [1.165, 1.54) is 27.8 Å². The van der Waals surface area contributed by atoms with Gasteiger partial charge < -0.3 is 16.5 Å². The van der Waals surface area contributed by atoms with Crippen molar-refractivity contribution in [1.82, 2.24) is 5.01 Å². The predicted molar refractivity (Wildman–Crippen MR) is 272 cm³/mol.